The minimum atomic E-state index is -3.84. The van der Waals surface area contributed by atoms with Crippen molar-refractivity contribution in [3.63, 3.8) is 0 Å². The van der Waals surface area contributed by atoms with E-state index in [-0.39, 0.29) is 22.2 Å². The number of hydrogen-bond donors (Lipinski definition) is 1. The van der Waals surface area contributed by atoms with Crippen molar-refractivity contribution < 1.29 is 17.9 Å². The number of benzene rings is 3. The van der Waals surface area contributed by atoms with Crippen molar-refractivity contribution >= 4 is 21.9 Å². The molecule has 10 heteroatoms. The fourth-order valence-corrected chi connectivity index (χ4v) is 6.79. The molecular formula is C36H41N5O4S. The van der Waals surface area contributed by atoms with Gasteiger partial charge in [0.2, 0.25) is 0 Å². The number of hydrogen-bond acceptors (Lipinski definition) is 6. The fraction of sp³-hybridized carbons (Fsp3) is 0.333. The minimum Gasteiger partial charge on any atom is -0.493 e. The Morgan fingerprint density at radius 3 is 2.20 bits per heavy atom. The molecule has 1 N–H and O–H groups in total. The van der Waals surface area contributed by atoms with Crippen LogP contribution in [0.3, 0.4) is 0 Å². The number of rotatable bonds is 12. The monoisotopic (exact) mass is 639 g/mol. The normalized spacial score (nSPS) is 16.5. The molecule has 240 valence electrons. The Bertz CT molecular complexity index is 1800. The Hall–Kier alpha value is -4.57. The summed E-state index contributed by atoms with van der Waals surface area (Å²) in [6.07, 6.45) is 2.90. The highest BCUT2D eigenvalue weighted by atomic mass is 32.2. The Kier molecular flexibility index (Phi) is 9.58. The number of aryl methyl sites for hydroxylation is 1. The number of urea groups is 1. The predicted molar refractivity (Wildman–Crippen MR) is 181 cm³/mol. The summed E-state index contributed by atoms with van der Waals surface area (Å²) in [7, 11) is -2.37. The molecule has 0 saturated heterocycles. The van der Waals surface area contributed by atoms with Gasteiger partial charge in [-0.3, -0.25) is 9.62 Å². The summed E-state index contributed by atoms with van der Waals surface area (Å²) < 4.78 is 33.8. The number of methoxy groups -OCH3 is 1. The van der Waals surface area contributed by atoms with Crippen LogP contribution < -0.4 is 9.46 Å². The van der Waals surface area contributed by atoms with E-state index in [2.05, 4.69) is 65.0 Å². The van der Waals surface area contributed by atoms with Gasteiger partial charge >= 0.3 is 6.03 Å². The number of pyridine rings is 1. The average molecular weight is 640 g/mol. The molecular weight excluding hydrogens is 598 g/mol. The Balaban J connectivity index is 1.28. The van der Waals surface area contributed by atoms with E-state index in [0.29, 0.717) is 30.8 Å². The Morgan fingerprint density at radius 2 is 1.57 bits per heavy atom. The summed E-state index contributed by atoms with van der Waals surface area (Å²) in [4.78, 5) is 19.1. The maximum atomic E-state index is 12.9. The Labute approximate surface area is 271 Å². The van der Waals surface area contributed by atoms with Crippen LogP contribution in [0.1, 0.15) is 57.2 Å². The summed E-state index contributed by atoms with van der Waals surface area (Å²) in [6.45, 7) is 9.09. The van der Waals surface area contributed by atoms with Gasteiger partial charge in [0.05, 0.1) is 17.7 Å². The van der Waals surface area contributed by atoms with Crippen molar-refractivity contribution in [3.05, 3.63) is 108 Å². The number of nitrogens with zero attached hydrogens (tertiary/aromatic N) is 4. The van der Waals surface area contributed by atoms with Crippen molar-refractivity contribution in [2.45, 2.75) is 69.4 Å². The highest BCUT2D eigenvalue weighted by Gasteiger charge is 2.43. The first-order valence-electron chi connectivity index (χ1n) is 15.5. The molecule has 1 aromatic heterocycles. The fourth-order valence-electron chi connectivity index (χ4n) is 5.75. The second kappa shape index (κ2) is 13.4. The van der Waals surface area contributed by atoms with Crippen molar-refractivity contribution in [2.75, 3.05) is 18.4 Å². The van der Waals surface area contributed by atoms with E-state index in [1.807, 2.05) is 31.2 Å². The van der Waals surface area contributed by atoms with Gasteiger partial charge in [0.15, 0.2) is 17.2 Å². The van der Waals surface area contributed by atoms with E-state index in [1.54, 1.807) is 35.2 Å². The lowest BCUT2D eigenvalue weighted by atomic mass is 9.85. The summed E-state index contributed by atoms with van der Waals surface area (Å²) in [5.74, 6) is 0.439. The van der Waals surface area contributed by atoms with Gasteiger partial charge in [-0.2, -0.15) is 5.11 Å². The molecule has 0 bridgehead atoms. The molecule has 0 radical (unpaired) electrons. The lowest BCUT2D eigenvalue weighted by molar-refractivity contribution is 0.138. The summed E-state index contributed by atoms with van der Waals surface area (Å²) in [6, 6.07) is 28.0. The Morgan fingerprint density at radius 1 is 0.891 bits per heavy atom. The van der Waals surface area contributed by atoms with Crippen LogP contribution in [0.2, 0.25) is 0 Å². The van der Waals surface area contributed by atoms with E-state index in [1.165, 1.54) is 24.8 Å². The van der Waals surface area contributed by atoms with Crippen molar-refractivity contribution in [1.82, 2.24) is 9.88 Å². The van der Waals surface area contributed by atoms with Crippen molar-refractivity contribution in [3.8, 4) is 17.0 Å². The zero-order valence-corrected chi connectivity index (χ0v) is 27.8. The second-order valence-electron chi connectivity index (χ2n) is 12.5. The number of anilines is 1. The van der Waals surface area contributed by atoms with E-state index >= 15 is 0 Å². The van der Waals surface area contributed by atoms with Crippen LogP contribution in [-0.4, -0.2) is 43.7 Å². The first kappa shape index (κ1) is 32.8. The zero-order valence-electron chi connectivity index (χ0n) is 27.0. The van der Waals surface area contributed by atoms with Gasteiger partial charge in [-0.25, -0.2) is 18.2 Å². The molecule has 0 spiro atoms. The maximum absolute atomic E-state index is 12.9. The number of nitrogens with one attached hydrogen (secondary N) is 1. The molecule has 46 heavy (non-hydrogen) atoms. The molecule has 0 fully saturated rings. The first-order valence-corrected chi connectivity index (χ1v) is 17.0. The van der Waals surface area contributed by atoms with Crippen molar-refractivity contribution in [2.24, 2.45) is 10.2 Å². The summed E-state index contributed by atoms with van der Waals surface area (Å²) >= 11 is 0. The van der Waals surface area contributed by atoms with Gasteiger partial charge in [-0.05, 0) is 72.6 Å². The second-order valence-corrected chi connectivity index (χ2v) is 14.2. The molecule has 2 heterocycles. The van der Waals surface area contributed by atoms with Crippen LogP contribution in [-0.2, 0) is 28.3 Å². The number of carbonyl (C=O) groups excluding carboxylic acids is 1. The van der Waals surface area contributed by atoms with Gasteiger partial charge < -0.3 is 4.74 Å². The molecule has 1 unspecified atom stereocenters. The van der Waals surface area contributed by atoms with E-state index in [0.717, 1.165) is 29.5 Å². The number of aromatic nitrogens is 1. The summed E-state index contributed by atoms with van der Waals surface area (Å²) in [5, 5.41) is 8.53. The third kappa shape index (κ3) is 7.28. The molecule has 2 amide bonds. The van der Waals surface area contributed by atoms with Gasteiger partial charge in [0.25, 0.3) is 10.0 Å². The zero-order chi connectivity index (χ0) is 33.0. The minimum absolute atomic E-state index is 0.0654. The molecule has 1 aliphatic heterocycles. The predicted octanol–water partition coefficient (Wildman–Crippen LogP) is 8.02. The molecule has 0 saturated carbocycles. The van der Waals surface area contributed by atoms with Crippen LogP contribution in [0, 0.1) is 0 Å². The molecule has 0 aliphatic carbocycles. The molecule has 3 aromatic carbocycles. The molecule has 1 atom stereocenters. The smallest absolute Gasteiger partial charge is 0.363 e. The van der Waals surface area contributed by atoms with Gasteiger partial charge in [-0.1, -0.05) is 92.6 Å². The molecule has 1 aliphatic rings. The number of sulfonamides is 1. The van der Waals surface area contributed by atoms with Gasteiger partial charge in [-0.15, -0.1) is 0 Å². The third-order valence-electron chi connectivity index (χ3n) is 8.33. The summed E-state index contributed by atoms with van der Waals surface area (Å²) in [5.41, 5.74) is 4.34. The van der Waals surface area contributed by atoms with Crippen molar-refractivity contribution in [1.29, 1.82) is 0 Å². The van der Waals surface area contributed by atoms with Crippen LogP contribution in [0.25, 0.3) is 11.3 Å². The number of ether oxygens (including phenoxy) is 1. The van der Waals surface area contributed by atoms with Gasteiger partial charge in [0.1, 0.15) is 0 Å². The number of likely N-dealkylation sites (N-methyl/N-ethyl adjacent to an activating group) is 1. The standard InChI is InChI=1S/C36H41N5O4S/c1-6-41-34(42)38-40-36(41,25-27-16-20-29(21-17-27)35(2,3)4)24-10-11-26-14-18-28(19-15-26)31-22-23-32(45-5)33(37-31)39-46(43,44)30-12-8-7-9-13-30/h7-9,12-23H,6,10-11,24-25H2,1-5H3,(H,37,39). The molecule has 9 nitrogen and oxygen atoms in total. The highest BCUT2D eigenvalue weighted by Crippen LogP contribution is 2.35. The topological polar surface area (TPSA) is 113 Å². The van der Waals surface area contributed by atoms with Crippen LogP contribution in [0.4, 0.5) is 10.6 Å². The number of azo groups is 1. The molecule has 4 aromatic rings. The molecule has 5 rings (SSSR count). The third-order valence-corrected chi connectivity index (χ3v) is 9.69. The SMILES string of the molecule is CCN1C(=O)N=NC1(CCCc1ccc(-c2ccc(OC)c(NS(=O)(=O)c3ccccc3)n2)cc1)Cc1ccc(C(C)(C)C)cc1. The quantitative estimate of drug-likeness (QED) is 0.169. The highest BCUT2D eigenvalue weighted by molar-refractivity contribution is 7.92. The maximum Gasteiger partial charge on any atom is 0.363 e. The van der Waals surface area contributed by atoms with E-state index < -0.39 is 15.7 Å². The number of amides is 2. The first-order chi connectivity index (χ1) is 21.9. The van der Waals surface area contributed by atoms with Gasteiger partial charge in [0, 0.05) is 18.5 Å². The van der Waals surface area contributed by atoms with E-state index in [9.17, 15) is 13.2 Å². The van der Waals surface area contributed by atoms with E-state index in [4.69, 9.17) is 4.74 Å². The number of carbonyl (C=O) groups is 1. The largest absolute Gasteiger partial charge is 0.493 e. The average Bonchev–Trinajstić information content (AvgIpc) is 3.35. The van der Waals surface area contributed by atoms with Crippen LogP contribution in [0.15, 0.2) is 106 Å². The lowest BCUT2D eigenvalue weighted by Gasteiger charge is -2.34. The van der Waals surface area contributed by atoms with Crippen LogP contribution in [0.5, 0.6) is 5.75 Å². The van der Waals surface area contributed by atoms with Crippen LogP contribution >= 0.6 is 0 Å². The lowest BCUT2D eigenvalue weighted by Crippen LogP contribution is -2.47.